The van der Waals surface area contributed by atoms with Crippen molar-refractivity contribution in [2.24, 2.45) is 5.92 Å². The van der Waals surface area contributed by atoms with Crippen LogP contribution in [0.15, 0.2) is 12.1 Å². The minimum atomic E-state index is -0.322. The number of nitrogen functional groups attached to an aromatic ring is 1. The van der Waals surface area contributed by atoms with Crippen molar-refractivity contribution in [1.82, 2.24) is 0 Å². The van der Waals surface area contributed by atoms with Gasteiger partial charge in [-0.05, 0) is 24.5 Å². The van der Waals surface area contributed by atoms with Gasteiger partial charge >= 0.3 is 0 Å². The van der Waals surface area contributed by atoms with Gasteiger partial charge in [0.1, 0.15) is 0 Å². The Labute approximate surface area is 111 Å². The van der Waals surface area contributed by atoms with E-state index in [9.17, 15) is 5.11 Å². The summed E-state index contributed by atoms with van der Waals surface area (Å²) in [5, 5.41) is 10.8. The first-order valence-corrected chi connectivity index (χ1v) is 6.42. The van der Waals surface area contributed by atoms with E-state index in [2.05, 4.69) is 11.8 Å². The van der Waals surface area contributed by atoms with Gasteiger partial charge in [0, 0.05) is 13.1 Å². The molecule has 0 aliphatic carbocycles. The molecule has 2 unspecified atom stereocenters. The normalized spacial score (nSPS) is 25.1. The lowest BCUT2D eigenvalue weighted by Crippen LogP contribution is -2.43. The summed E-state index contributed by atoms with van der Waals surface area (Å²) < 4.78 is 0. The lowest BCUT2D eigenvalue weighted by atomic mass is 9.95. The Balaban J connectivity index is 2.26. The molecule has 2 rings (SSSR count). The number of piperidine rings is 1. The average molecular weight is 275 g/mol. The molecular weight excluding hydrogens is 259 g/mol. The lowest BCUT2D eigenvalue weighted by Gasteiger charge is -2.36. The Hall–Kier alpha value is -0.640. The Morgan fingerprint density at radius 2 is 2.00 bits per heavy atom. The average Bonchev–Trinajstić information content (AvgIpc) is 2.27. The summed E-state index contributed by atoms with van der Waals surface area (Å²) in [4.78, 5) is 2.06. The molecule has 0 saturated carbocycles. The fourth-order valence-electron chi connectivity index (χ4n) is 2.09. The Morgan fingerprint density at radius 3 is 2.65 bits per heavy atom. The van der Waals surface area contributed by atoms with Crippen molar-refractivity contribution in [2.75, 3.05) is 23.7 Å². The highest BCUT2D eigenvalue weighted by molar-refractivity contribution is 6.42. The molecule has 3 nitrogen and oxygen atoms in total. The summed E-state index contributed by atoms with van der Waals surface area (Å²) in [5.41, 5.74) is 7.39. The standard InChI is InChI=1S/C12H16Cl2N2O/c1-7-2-3-16(6-12(7)17)11-5-9(14)8(13)4-10(11)15/h4-5,7,12,17H,2-3,6,15H2,1H3. The van der Waals surface area contributed by atoms with Gasteiger partial charge in [-0.25, -0.2) is 0 Å². The number of hydrogen-bond donors (Lipinski definition) is 2. The van der Waals surface area contributed by atoms with Crippen molar-refractivity contribution in [1.29, 1.82) is 0 Å². The molecule has 5 heteroatoms. The molecule has 1 aromatic carbocycles. The van der Waals surface area contributed by atoms with Crippen LogP contribution in [0, 0.1) is 5.92 Å². The fourth-order valence-corrected chi connectivity index (χ4v) is 2.42. The van der Waals surface area contributed by atoms with E-state index in [0.29, 0.717) is 28.2 Å². The van der Waals surface area contributed by atoms with E-state index in [0.717, 1.165) is 18.7 Å². The predicted molar refractivity (Wildman–Crippen MR) is 72.9 cm³/mol. The number of β-amino-alcohol motifs (C(OH)–C–C–N with tert-alkyl or cyclic N) is 1. The molecule has 1 aliphatic heterocycles. The highest BCUT2D eigenvalue weighted by atomic mass is 35.5. The SMILES string of the molecule is CC1CCN(c2cc(Cl)c(Cl)cc2N)CC1O. The highest BCUT2D eigenvalue weighted by Gasteiger charge is 2.25. The summed E-state index contributed by atoms with van der Waals surface area (Å²) >= 11 is 11.9. The number of aliphatic hydroxyl groups is 1. The van der Waals surface area contributed by atoms with E-state index >= 15 is 0 Å². The molecule has 0 aromatic heterocycles. The zero-order valence-electron chi connectivity index (χ0n) is 9.66. The molecule has 1 heterocycles. The number of nitrogens with two attached hydrogens (primary N) is 1. The Bertz CT molecular complexity index is 425. The van der Waals surface area contributed by atoms with Gasteiger partial charge in [0.05, 0.1) is 27.5 Å². The smallest absolute Gasteiger partial charge is 0.0741 e. The molecule has 1 saturated heterocycles. The molecule has 1 aromatic rings. The molecule has 17 heavy (non-hydrogen) atoms. The van der Waals surface area contributed by atoms with Gasteiger partial charge in [-0.2, -0.15) is 0 Å². The Kier molecular flexibility index (Phi) is 3.71. The molecule has 0 spiro atoms. The maximum atomic E-state index is 9.88. The Morgan fingerprint density at radius 1 is 1.35 bits per heavy atom. The van der Waals surface area contributed by atoms with Crippen LogP contribution in [0.3, 0.4) is 0 Å². The van der Waals surface area contributed by atoms with Crippen molar-refractivity contribution in [3.63, 3.8) is 0 Å². The zero-order valence-corrected chi connectivity index (χ0v) is 11.2. The number of hydrogen-bond acceptors (Lipinski definition) is 3. The van der Waals surface area contributed by atoms with Gasteiger partial charge in [0.25, 0.3) is 0 Å². The first-order valence-electron chi connectivity index (χ1n) is 5.66. The van der Waals surface area contributed by atoms with E-state index in [4.69, 9.17) is 28.9 Å². The van der Waals surface area contributed by atoms with E-state index < -0.39 is 0 Å². The van der Waals surface area contributed by atoms with Gasteiger partial charge < -0.3 is 15.7 Å². The quantitative estimate of drug-likeness (QED) is 0.775. The molecule has 0 radical (unpaired) electrons. The third kappa shape index (κ3) is 2.62. The van der Waals surface area contributed by atoms with Crippen LogP contribution in [0.4, 0.5) is 11.4 Å². The largest absolute Gasteiger partial charge is 0.397 e. The topological polar surface area (TPSA) is 49.5 Å². The predicted octanol–water partition coefficient (Wildman–Crippen LogP) is 2.78. The monoisotopic (exact) mass is 274 g/mol. The highest BCUT2D eigenvalue weighted by Crippen LogP contribution is 2.34. The third-order valence-corrected chi connectivity index (χ3v) is 4.05. The van der Waals surface area contributed by atoms with Crippen molar-refractivity contribution >= 4 is 34.6 Å². The van der Waals surface area contributed by atoms with Crippen LogP contribution >= 0.6 is 23.2 Å². The summed E-state index contributed by atoms with van der Waals surface area (Å²) in [6, 6.07) is 3.42. The van der Waals surface area contributed by atoms with Crippen molar-refractivity contribution in [3.05, 3.63) is 22.2 Å². The maximum absolute atomic E-state index is 9.88. The second-order valence-corrected chi connectivity index (χ2v) is 5.42. The summed E-state index contributed by atoms with van der Waals surface area (Å²) in [5.74, 6) is 0.329. The maximum Gasteiger partial charge on any atom is 0.0741 e. The minimum Gasteiger partial charge on any atom is -0.397 e. The first kappa shape index (κ1) is 12.8. The summed E-state index contributed by atoms with van der Waals surface area (Å²) in [6.07, 6.45) is 0.624. The molecule has 1 fully saturated rings. The number of rotatable bonds is 1. The van der Waals surface area contributed by atoms with Crippen LogP contribution in [0.1, 0.15) is 13.3 Å². The van der Waals surface area contributed by atoms with Gasteiger partial charge in [0.15, 0.2) is 0 Å². The van der Waals surface area contributed by atoms with Crippen LogP contribution in [-0.4, -0.2) is 24.3 Å². The second-order valence-electron chi connectivity index (χ2n) is 4.60. The van der Waals surface area contributed by atoms with Crippen LogP contribution in [0.2, 0.25) is 10.0 Å². The zero-order chi connectivity index (χ0) is 12.6. The van der Waals surface area contributed by atoms with Crippen LogP contribution in [0.5, 0.6) is 0 Å². The van der Waals surface area contributed by atoms with Gasteiger partial charge in [0.2, 0.25) is 0 Å². The van der Waals surface area contributed by atoms with E-state index in [1.165, 1.54) is 0 Å². The van der Waals surface area contributed by atoms with Crippen molar-refractivity contribution < 1.29 is 5.11 Å². The van der Waals surface area contributed by atoms with Crippen molar-refractivity contribution in [2.45, 2.75) is 19.4 Å². The molecular formula is C12H16Cl2N2O. The number of nitrogens with zero attached hydrogens (tertiary/aromatic N) is 1. The van der Waals surface area contributed by atoms with Gasteiger partial charge in [-0.3, -0.25) is 0 Å². The van der Waals surface area contributed by atoms with E-state index in [1.807, 2.05) is 0 Å². The minimum absolute atomic E-state index is 0.322. The van der Waals surface area contributed by atoms with Gasteiger partial charge in [-0.1, -0.05) is 30.1 Å². The molecule has 3 N–H and O–H groups in total. The molecule has 1 aliphatic rings. The van der Waals surface area contributed by atoms with Crippen LogP contribution in [-0.2, 0) is 0 Å². The number of aliphatic hydroxyl groups excluding tert-OH is 1. The molecule has 2 atom stereocenters. The van der Waals surface area contributed by atoms with E-state index in [-0.39, 0.29) is 6.10 Å². The van der Waals surface area contributed by atoms with E-state index in [1.54, 1.807) is 12.1 Å². The third-order valence-electron chi connectivity index (χ3n) is 3.33. The van der Waals surface area contributed by atoms with Gasteiger partial charge in [-0.15, -0.1) is 0 Å². The first-order chi connectivity index (χ1) is 7.99. The number of anilines is 2. The lowest BCUT2D eigenvalue weighted by molar-refractivity contribution is 0.103. The number of benzene rings is 1. The van der Waals surface area contributed by atoms with Crippen LogP contribution < -0.4 is 10.6 Å². The fraction of sp³-hybridized carbons (Fsp3) is 0.500. The van der Waals surface area contributed by atoms with Crippen LogP contribution in [0.25, 0.3) is 0 Å². The summed E-state index contributed by atoms with van der Waals surface area (Å²) in [6.45, 7) is 3.52. The molecule has 94 valence electrons. The summed E-state index contributed by atoms with van der Waals surface area (Å²) in [7, 11) is 0. The van der Waals surface area contributed by atoms with Crippen molar-refractivity contribution in [3.8, 4) is 0 Å². The number of halogens is 2. The molecule has 0 bridgehead atoms. The molecule has 0 amide bonds. The second kappa shape index (κ2) is 4.92.